The van der Waals surface area contributed by atoms with Crippen molar-refractivity contribution >= 4 is 5.97 Å². The number of carboxylic acids is 1. The van der Waals surface area contributed by atoms with Crippen molar-refractivity contribution in [2.24, 2.45) is 0 Å². The van der Waals surface area contributed by atoms with E-state index in [2.05, 4.69) is 0 Å². The third-order valence-corrected chi connectivity index (χ3v) is 9.03. The van der Waals surface area contributed by atoms with Crippen molar-refractivity contribution in [3.05, 3.63) is 0 Å². The molecular weight excluding hydrogens is 692 g/mol. The zero-order valence-electron chi connectivity index (χ0n) is 26.3. The predicted octanol–water partition coefficient (Wildman–Crippen LogP) is -8.62. The van der Waals surface area contributed by atoms with E-state index < -0.39 is 155 Å². The lowest BCUT2D eigenvalue weighted by molar-refractivity contribution is -0.368. The molecule has 5 rings (SSSR count). The lowest BCUT2D eigenvalue weighted by atomic mass is 9.98. The van der Waals surface area contributed by atoms with Crippen LogP contribution in [0.4, 0.5) is 0 Å². The number of aliphatic hydroxyl groups is 11. The van der Waals surface area contributed by atoms with Crippen LogP contribution >= 0.6 is 0 Å². The lowest BCUT2D eigenvalue weighted by Crippen LogP contribution is -2.64. The smallest absolute Gasteiger partial charge is 0.335 e. The molecule has 5 saturated heterocycles. The highest BCUT2D eigenvalue weighted by Crippen LogP contribution is 2.31. The van der Waals surface area contributed by atoms with Gasteiger partial charge in [0.25, 0.3) is 0 Å². The average Bonchev–Trinajstić information content (AvgIpc) is 3.08. The maximum Gasteiger partial charge on any atom is 0.335 e. The second-order valence-electron chi connectivity index (χ2n) is 12.4. The van der Waals surface area contributed by atoms with Crippen LogP contribution in [0.15, 0.2) is 0 Å². The van der Waals surface area contributed by atoms with Crippen LogP contribution in [-0.2, 0) is 52.2 Å². The van der Waals surface area contributed by atoms with Gasteiger partial charge in [-0.1, -0.05) is 0 Å². The van der Waals surface area contributed by atoms with Gasteiger partial charge in [-0.15, -0.1) is 0 Å². The zero-order chi connectivity index (χ0) is 36.6. The first kappa shape index (κ1) is 39.8. The fourth-order valence-electron chi connectivity index (χ4n) is 6.04. The van der Waals surface area contributed by atoms with Gasteiger partial charge >= 0.3 is 5.97 Å². The highest BCUT2D eigenvalue weighted by molar-refractivity contribution is 5.73. The molecule has 23 heteroatoms. The first-order valence-electron chi connectivity index (χ1n) is 15.6. The Balaban J connectivity index is 1.09. The maximum atomic E-state index is 11.4. The molecule has 21 atom stereocenters. The van der Waals surface area contributed by atoms with E-state index in [1.165, 1.54) is 0 Å². The normalized spacial score (nSPS) is 52.0. The van der Waals surface area contributed by atoms with E-state index in [1.807, 2.05) is 0 Å². The number of aliphatic hydroxyl groups excluding tert-OH is 11. The molecule has 0 saturated carbocycles. The largest absolute Gasteiger partial charge is 0.479 e. The van der Waals surface area contributed by atoms with Crippen molar-refractivity contribution in [1.82, 2.24) is 0 Å². The second kappa shape index (κ2) is 16.8. The molecule has 0 spiro atoms. The summed E-state index contributed by atoms with van der Waals surface area (Å²) in [6.45, 7) is -1.76. The van der Waals surface area contributed by atoms with Gasteiger partial charge in [-0.25, -0.2) is 4.79 Å². The van der Waals surface area contributed by atoms with Crippen LogP contribution in [-0.4, -0.2) is 230 Å². The van der Waals surface area contributed by atoms with Crippen LogP contribution in [0, 0.1) is 0 Å². The van der Waals surface area contributed by atoms with E-state index in [0.717, 1.165) is 7.11 Å². The summed E-state index contributed by atoms with van der Waals surface area (Å²) >= 11 is 0. The summed E-state index contributed by atoms with van der Waals surface area (Å²) in [6, 6.07) is 0. The van der Waals surface area contributed by atoms with E-state index in [4.69, 9.17) is 47.4 Å². The number of carboxylic acid groups (broad SMARTS) is 1. The third kappa shape index (κ3) is 8.23. The molecule has 0 aliphatic carbocycles. The number of methoxy groups -OCH3 is 1. The lowest BCUT2D eigenvalue weighted by Gasteiger charge is -2.45. The van der Waals surface area contributed by atoms with Crippen molar-refractivity contribution in [2.45, 2.75) is 129 Å². The fraction of sp³-hybridized carbons (Fsp3) is 0.963. The van der Waals surface area contributed by atoms with Gasteiger partial charge < -0.3 is 109 Å². The van der Waals surface area contributed by atoms with Gasteiger partial charge in [-0.05, 0) is 0 Å². The van der Waals surface area contributed by atoms with Gasteiger partial charge in [0.05, 0.1) is 26.4 Å². The summed E-state index contributed by atoms with van der Waals surface area (Å²) in [5.74, 6) is -1.52. The van der Waals surface area contributed by atoms with Crippen LogP contribution in [0.2, 0.25) is 0 Å². The molecule has 50 heavy (non-hydrogen) atoms. The number of hydrogen-bond acceptors (Lipinski definition) is 22. The number of aliphatic carboxylic acids is 1. The van der Waals surface area contributed by atoms with Crippen molar-refractivity contribution in [3.8, 4) is 0 Å². The number of carbonyl (C=O) groups is 1. The first-order valence-corrected chi connectivity index (χ1v) is 15.6. The second-order valence-corrected chi connectivity index (χ2v) is 12.4. The topological polar surface area (TPSA) is 352 Å². The summed E-state index contributed by atoms with van der Waals surface area (Å²) in [5.41, 5.74) is 0. The van der Waals surface area contributed by atoms with Crippen molar-refractivity contribution in [2.75, 3.05) is 33.5 Å². The summed E-state index contributed by atoms with van der Waals surface area (Å²) in [7, 11) is 1.10. The molecule has 0 amide bonds. The van der Waals surface area contributed by atoms with Gasteiger partial charge in [-0.2, -0.15) is 0 Å². The summed E-state index contributed by atoms with van der Waals surface area (Å²) in [6.07, 6.45) is -34.3. The third-order valence-electron chi connectivity index (χ3n) is 9.03. The van der Waals surface area contributed by atoms with E-state index in [1.54, 1.807) is 0 Å². The van der Waals surface area contributed by atoms with Gasteiger partial charge in [0.2, 0.25) is 0 Å². The van der Waals surface area contributed by atoms with Crippen LogP contribution in [0.25, 0.3) is 0 Å². The summed E-state index contributed by atoms with van der Waals surface area (Å²) in [5, 5.41) is 123. The molecule has 0 aromatic rings. The molecule has 23 nitrogen and oxygen atoms in total. The van der Waals surface area contributed by atoms with Crippen LogP contribution in [0.1, 0.15) is 0 Å². The molecule has 5 fully saturated rings. The molecule has 0 radical (unpaired) electrons. The molecule has 5 heterocycles. The number of rotatable bonds is 10. The number of hydrogen-bond donors (Lipinski definition) is 12. The van der Waals surface area contributed by atoms with Gasteiger partial charge in [0, 0.05) is 7.11 Å². The van der Waals surface area contributed by atoms with Crippen LogP contribution < -0.4 is 0 Å². The minimum atomic E-state index is -1.99. The number of ether oxygens (including phenoxy) is 10. The highest BCUT2D eigenvalue weighted by Gasteiger charge is 2.53. The van der Waals surface area contributed by atoms with Gasteiger partial charge in [-0.3, -0.25) is 0 Å². The average molecular weight is 737 g/mol. The van der Waals surface area contributed by atoms with Gasteiger partial charge in [0.15, 0.2) is 37.6 Å². The Kier molecular flexibility index (Phi) is 13.3. The first-order chi connectivity index (χ1) is 23.6. The van der Waals surface area contributed by atoms with E-state index >= 15 is 0 Å². The standard InChI is InChI=1S/C27H44O23/c1-41-19-18(37)20(23(40)49-21(19)22(38)39)50-27-17(36)13(32)9(5-45-27)48-26-16(35)12(31)8(4-44-26)47-25-15(34)11(30)7(3-43-25)46-24-14(33)10(29)6(28)2-42-24/h6-21,23-37,40H,2-5H2,1H3,(H,38,39)/t6-,7-,8-,9-,10+,11+,12+,13+,14-,15-,16-,17-,18+,19+,20-,21+,23+,24+,25+,26+,27+/m1/s1. The van der Waals surface area contributed by atoms with Crippen molar-refractivity contribution in [3.63, 3.8) is 0 Å². The minimum absolute atomic E-state index is 0.366. The molecule has 5 aliphatic rings. The Bertz CT molecular complexity index is 1100. The van der Waals surface area contributed by atoms with E-state index in [0.29, 0.717) is 0 Å². The molecule has 0 aromatic carbocycles. The zero-order valence-corrected chi connectivity index (χ0v) is 26.3. The maximum absolute atomic E-state index is 11.4. The Morgan fingerprint density at radius 3 is 1.28 bits per heavy atom. The van der Waals surface area contributed by atoms with E-state index in [9.17, 15) is 66.1 Å². The summed E-state index contributed by atoms with van der Waals surface area (Å²) in [4.78, 5) is 11.4. The van der Waals surface area contributed by atoms with Crippen LogP contribution in [0.3, 0.4) is 0 Å². The van der Waals surface area contributed by atoms with Gasteiger partial charge in [0.1, 0.15) is 91.6 Å². The Morgan fingerprint density at radius 1 is 0.500 bits per heavy atom. The Labute approximate surface area is 282 Å². The van der Waals surface area contributed by atoms with E-state index in [-0.39, 0.29) is 6.61 Å². The fourth-order valence-corrected chi connectivity index (χ4v) is 6.04. The predicted molar refractivity (Wildman–Crippen MR) is 148 cm³/mol. The molecule has 5 aliphatic heterocycles. The Hall–Kier alpha value is -1.37. The monoisotopic (exact) mass is 736 g/mol. The summed E-state index contributed by atoms with van der Waals surface area (Å²) < 4.78 is 53.3. The molecule has 290 valence electrons. The van der Waals surface area contributed by atoms with Crippen LogP contribution in [0.5, 0.6) is 0 Å². The Morgan fingerprint density at radius 2 is 0.880 bits per heavy atom. The van der Waals surface area contributed by atoms with Crippen molar-refractivity contribution in [1.29, 1.82) is 0 Å². The quantitative estimate of drug-likeness (QED) is 0.0990. The SMILES string of the molecule is CO[C@H]1[C@H](O)[C@@H](O[C@@H]2OC[C@@H](O[C@@H]3OC[C@@H](O[C@@H]4OC[C@@H](O[C@@H]5OC[C@@H](O)[C@H](O)[C@H]5O)[C@H](O)[C@H]4O)[C@H](O)[C@H]3O)[C@H](O)[C@H]2O)[C@@H](O)O[C@@H]1C(=O)O. The van der Waals surface area contributed by atoms with Crippen molar-refractivity contribution < 1.29 is 113 Å². The molecule has 0 bridgehead atoms. The molecular formula is C27H44O23. The molecule has 0 unspecified atom stereocenters. The minimum Gasteiger partial charge on any atom is -0.479 e. The molecule has 12 N–H and O–H groups in total. The molecule has 0 aromatic heterocycles. The highest BCUT2D eigenvalue weighted by atomic mass is 16.8.